The lowest BCUT2D eigenvalue weighted by Gasteiger charge is -2.34. The third kappa shape index (κ3) is 3.89. The Morgan fingerprint density at radius 3 is 2.33 bits per heavy atom. The molecule has 1 amide bonds. The summed E-state index contributed by atoms with van der Waals surface area (Å²) in [6, 6.07) is 11.3. The van der Waals surface area contributed by atoms with E-state index in [1.807, 2.05) is 37.3 Å². The van der Waals surface area contributed by atoms with E-state index in [4.69, 9.17) is 0 Å². The van der Waals surface area contributed by atoms with Gasteiger partial charge in [0.1, 0.15) is 0 Å². The molecule has 0 saturated carbocycles. The van der Waals surface area contributed by atoms with Gasteiger partial charge >= 0.3 is 0 Å². The molecule has 0 spiro atoms. The summed E-state index contributed by atoms with van der Waals surface area (Å²) in [6.45, 7) is 9.22. The quantitative estimate of drug-likeness (QED) is 0.933. The molecule has 126 valence electrons. The van der Waals surface area contributed by atoms with Gasteiger partial charge in [0.05, 0.1) is 0 Å². The Balaban J connectivity index is 1.61. The number of aryl methyl sites for hydroxylation is 1. The molecule has 0 unspecified atom stereocenters. The molecule has 0 bridgehead atoms. The molecule has 1 fully saturated rings. The van der Waals surface area contributed by atoms with Crippen molar-refractivity contribution < 1.29 is 4.79 Å². The molecule has 1 aliphatic rings. The predicted molar refractivity (Wildman–Crippen MR) is 95.5 cm³/mol. The smallest absolute Gasteiger partial charge is 0.276 e. The van der Waals surface area contributed by atoms with Crippen LogP contribution in [-0.2, 0) is 0 Å². The van der Waals surface area contributed by atoms with Gasteiger partial charge in [-0.05, 0) is 37.7 Å². The topological polar surface area (TPSA) is 61.4 Å². The van der Waals surface area contributed by atoms with E-state index in [1.165, 1.54) is 0 Å². The molecular formula is C18H23N5O. The molecule has 3 rings (SSSR count). The van der Waals surface area contributed by atoms with E-state index in [2.05, 4.69) is 32.2 Å². The fourth-order valence-corrected chi connectivity index (χ4v) is 2.74. The third-order valence-corrected chi connectivity index (χ3v) is 4.34. The van der Waals surface area contributed by atoms with Crippen molar-refractivity contribution in [2.24, 2.45) is 0 Å². The number of rotatable bonds is 4. The largest absolute Gasteiger partial charge is 0.353 e. The van der Waals surface area contributed by atoms with Gasteiger partial charge in [0, 0.05) is 31.9 Å². The molecule has 6 heteroatoms. The van der Waals surface area contributed by atoms with Crippen LogP contribution in [0.5, 0.6) is 0 Å². The van der Waals surface area contributed by atoms with Crippen LogP contribution in [0.2, 0.25) is 0 Å². The summed E-state index contributed by atoms with van der Waals surface area (Å²) in [4.78, 5) is 16.9. The number of nitrogens with one attached hydrogen (secondary N) is 1. The lowest BCUT2D eigenvalue weighted by molar-refractivity contribution is 0.102. The van der Waals surface area contributed by atoms with Crippen molar-refractivity contribution in [2.45, 2.75) is 13.8 Å². The van der Waals surface area contributed by atoms with Crippen LogP contribution >= 0.6 is 0 Å². The zero-order valence-corrected chi connectivity index (χ0v) is 14.2. The van der Waals surface area contributed by atoms with Crippen molar-refractivity contribution in [3.05, 3.63) is 47.7 Å². The number of hydrogen-bond acceptors (Lipinski definition) is 5. The SMILES string of the molecule is CCN1CCN(c2ccc(C(=O)Nc3ccc(C)cc3)nn2)CC1. The van der Waals surface area contributed by atoms with Crippen molar-refractivity contribution in [3.63, 3.8) is 0 Å². The van der Waals surface area contributed by atoms with Gasteiger partial charge in [0.25, 0.3) is 5.91 Å². The zero-order chi connectivity index (χ0) is 16.9. The number of hydrogen-bond donors (Lipinski definition) is 1. The van der Waals surface area contributed by atoms with Gasteiger partial charge in [-0.15, -0.1) is 10.2 Å². The summed E-state index contributed by atoms with van der Waals surface area (Å²) in [6.07, 6.45) is 0. The first-order valence-electron chi connectivity index (χ1n) is 8.35. The van der Waals surface area contributed by atoms with Crippen molar-refractivity contribution in [2.75, 3.05) is 42.9 Å². The summed E-state index contributed by atoms with van der Waals surface area (Å²) in [5.74, 6) is 0.589. The lowest BCUT2D eigenvalue weighted by Crippen LogP contribution is -2.46. The van der Waals surface area contributed by atoms with Gasteiger partial charge in [-0.3, -0.25) is 4.79 Å². The van der Waals surface area contributed by atoms with E-state index < -0.39 is 0 Å². The maximum absolute atomic E-state index is 12.2. The van der Waals surface area contributed by atoms with Crippen molar-refractivity contribution in [1.82, 2.24) is 15.1 Å². The minimum Gasteiger partial charge on any atom is -0.353 e. The van der Waals surface area contributed by atoms with Gasteiger partial charge < -0.3 is 15.1 Å². The van der Waals surface area contributed by atoms with E-state index in [9.17, 15) is 4.79 Å². The molecule has 1 saturated heterocycles. The molecule has 2 aromatic rings. The second kappa shape index (κ2) is 7.40. The molecule has 24 heavy (non-hydrogen) atoms. The molecule has 1 aromatic heterocycles. The Morgan fingerprint density at radius 2 is 1.75 bits per heavy atom. The van der Waals surface area contributed by atoms with E-state index in [0.717, 1.165) is 49.8 Å². The molecule has 6 nitrogen and oxygen atoms in total. The van der Waals surface area contributed by atoms with E-state index >= 15 is 0 Å². The standard InChI is InChI=1S/C18H23N5O/c1-3-22-10-12-23(13-11-22)17-9-8-16(20-21-17)18(24)19-15-6-4-14(2)5-7-15/h4-9H,3,10-13H2,1-2H3,(H,19,24). The van der Waals surface area contributed by atoms with Crippen molar-refractivity contribution >= 4 is 17.4 Å². The summed E-state index contributed by atoms with van der Waals surface area (Å²) in [5, 5.41) is 11.2. The number of benzene rings is 1. The second-order valence-electron chi connectivity index (χ2n) is 6.02. The summed E-state index contributed by atoms with van der Waals surface area (Å²) < 4.78 is 0. The van der Waals surface area contributed by atoms with Crippen LogP contribution in [0.1, 0.15) is 23.0 Å². The molecule has 0 radical (unpaired) electrons. The number of nitrogens with zero attached hydrogens (tertiary/aromatic N) is 4. The van der Waals surface area contributed by atoms with Crippen LogP contribution in [0.15, 0.2) is 36.4 Å². The second-order valence-corrected chi connectivity index (χ2v) is 6.02. The highest BCUT2D eigenvalue weighted by Gasteiger charge is 2.17. The van der Waals surface area contributed by atoms with Crippen LogP contribution in [0.25, 0.3) is 0 Å². The Bertz CT molecular complexity index is 676. The summed E-state index contributed by atoms with van der Waals surface area (Å²) >= 11 is 0. The number of aromatic nitrogens is 2. The van der Waals surface area contributed by atoms with Gasteiger partial charge in [-0.2, -0.15) is 0 Å². The van der Waals surface area contributed by atoms with E-state index in [0.29, 0.717) is 5.69 Å². The minimum absolute atomic E-state index is 0.242. The molecule has 2 heterocycles. The van der Waals surface area contributed by atoms with E-state index in [-0.39, 0.29) is 5.91 Å². The minimum atomic E-state index is -0.242. The average Bonchev–Trinajstić information content (AvgIpc) is 2.64. The zero-order valence-electron chi connectivity index (χ0n) is 14.2. The molecule has 1 N–H and O–H groups in total. The van der Waals surface area contributed by atoms with Crippen LogP contribution in [0.4, 0.5) is 11.5 Å². The van der Waals surface area contributed by atoms with Crippen LogP contribution in [0.3, 0.4) is 0 Å². The van der Waals surface area contributed by atoms with Gasteiger partial charge in [0.2, 0.25) is 0 Å². The first-order chi connectivity index (χ1) is 11.7. The number of amides is 1. The summed E-state index contributed by atoms with van der Waals surface area (Å²) in [7, 11) is 0. The molecule has 0 aliphatic carbocycles. The molecule has 1 aliphatic heterocycles. The first-order valence-corrected chi connectivity index (χ1v) is 8.35. The maximum Gasteiger partial charge on any atom is 0.276 e. The highest BCUT2D eigenvalue weighted by atomic mass is 16.1. The summed E-state index contributed by atoms with van der Waals surface area (Å²) in [5.41, 5.74) is 2.24. The van der Waals surface area contributed by atoms with Crippen LogP contribution in [0, 0.1) is 6.92 Å². The Kier molecular flexibility index (Phi) is 5.05. The predicted octanol–water partition coefficient (Wildman–Crippen LogP) is 2.18. The Labute approximate surface area is 142 Å². The third-order valence-electron chi connectivity index (χ3n) is 4.34. The van der Waals surface area contributed by atoms with Crippen molar-refractivity contribution in [3.8, 4) is 0 Å². The molecular weight excluding hydrogens is 302 g/mol. The lowest BCUT2D eigenvalue weighted by atomic mass is 10.2. The highest BCUT2D eigenvalue weighted by molar-refractivity contribution is 6.02. The van der Waals surface area contributed by atoms with Gasteiger partial charge in [0.15, 0.2) is 11.5 Å². The maximum atomic E-state index is 12.2. The molecule has 0 atom stereocenters. The number of carbonyl (C=O) groups is 1. The number of likely N-dealkylation sites (N-methyl/N-ethyl adjacent to an activating group) is 1. The fraction of sp³-hybridized carbons (Fsp3) is 0.389. The number of anilines is 2. The Hall–Kier alpha value is -2.47. The van der Waals surface area contributed by atoms with Gasteiger partial charge in [-0.25, -0.2) is 0 Å². The first kappa shape index (κ1) is 16.4. The molecule has 1 aromatic carbocycles. The van der Waals surface area contributed by atoms with Crippen LogP contribution < -0.4 is 10.2 Å². The number of piperazine rings is 1. The Morgan fingerprint density at radius 1 is 1.04 bits per heavy atom. The number of carbonyl (C=O) groups excluding carboxylic acids is 1. The van der Waals surface area contributed by atoms with Crippen LogP contribution in [-0.4, -0.2) is 53.7 Å². The highest BCUT2D eigenvalue weighted by Crippen LogP contribution is 2.14. The fourth-order valence-electron chi connectivity index (χ4n) is 2.74. The van der Waals surface area contributed by atoms with Crippen molar-refractivity contribution in [1.29, 1.82) is 0 Å². The van der Waals surface area contributed by atoms with Gasteiger partial charge in [-0.1, -0.05) is 24.6 Å². The average molecular weight is 325 g/mol. The van der Waals surface area contributed by atoms with E-state index in [1.54, 1.807) is 6.07 Å². The monoisotopic (exact) mass is 325 g/mol. The normalized spacial score (nSPS) is 15.3.